The van der Waals surface area contributed by atoms with Crippen LogP contribution in [0.2, 0.25) is 0 Å². The minimum absolute atomic E-state index is 0.00323. The van der Waals surface area contributed by atoms with Crippen LogP contribution in [0.4, 0.5) is 0 Å². The minimum atomic E-state index is -0.807. The van der Waals surface area contributed by atoms with Gasteiger partial charge in [-0.25, -0.2) is 0 Å². The number of pyridine rings is 1. The number of likely N-dealkylation sites (tertiary alicyclic amines) is 1. The molecule has 2 N–H and O–H groups in total. The van der Waals surface area contributed by atoms with Crippen molar-refractivity contribution in [2.75, 3.05) is 33.3 Å². The molecule has 1 aromatic carbocycles. The van der Waals surface area contributed by atoms with Gasteiger partial charge in [0, 0.05) is 31.0 Å². The summed E-state index contributed by atoms with van der Waals surface area (Å²) in [4.78, 5) is 33.5. The number of hydrogen-bond donors (Lipinski definition) is 2. The second kappa shape index (κ2) is 9.61. The number of rotatable bonds is 8. The van der Waals surface area contributed by atoms with Gasteiger partial charge in [0.25, 0.3) is 11.7 Å². The molecule has 1 amide bonds. The van der Waals surface area contributed by atoms with Gasteiger partial charge in [0.2, 0.25) is 0 Å². The number of aliphatic hydroxyl groups is 1. The molecule has 0 bridgehead atoms. The lowest BCUT2D eigenvalue weighted by molar-refractivity contribution is -0.140. The first kappa shape index (κ1) is 22.3. The molecule has 1 fully saturated rings. The van der Waals surface area contributed by atoms with Gasteiger partial charge < -0.3 is 24.7 Å². The van der Waals surface area contributed by atoms with Crippen LogP contribution in [0, 0.1) is 0 Å². The third-order valence-corrected chi connectivity index (χ3v) is 5.56. The summed E-state index contributed by atoms with van der Waals surface area (Å²) in [5, 5.41) is 21.0. The predicted molar refractivity (Wildman–Crippen MR) is 116 cm³/mol. The van der Waals surface area contributed by atoms with Crippen LogP contribution in [0.1, 0.15) is 31.0 Å². The van der Waals surface area contributed by atoms with Crippen molar-refractivity contribution in [3.8, 4) is 11.5 Å². The first-order valence-electron chi connectivity index (χ1n) is 10.2. The molecular weight excluding hydrogens is 398 g/mol. The Labute approximate surface area is 181 Å². The largest absolute Gasteiger partial charge is 0.507 e. The molecule has 0 aliphatic carbocycles. The second-order valence-corrected chi connectivity index (χ2v) is 7.19. The molecule has 0 saturated carbocycles. The number of hydrogen-bond acceptors (Lipinski definition) is 7. The Morgan fingerprint density at radius 1 is 1.16 bits per heavy atom. The molecule has 1 aromatic heterocycles. The molecule has 1 aliphatic heterocycles. The summed E-state index contributed by atoms with van der Waals surface area (Å²) < 4.78 is 5.21. The van der Waals surface area contributed by atoms with Gasteiger partial charge in [-0.3, -0.25) is 14.6 Å². The van der Waals surface area contributed by atoms with Crippen molar-refractivity contribution >= 4 is 17.4 Å². The van der Waals surface area contributed by atoms with Crippen molar-refractivity contribution in [3.63, 3.8) is 0 Å². The van der Waals surface area contributed by atoms with Crippen LogP contribution in [0.15, 0.2) is 48.3 Å². The van der Waals surface area contributed by atoms with Crippen molar-refractivity contribution in [3.05, 3.63) is 59.4 Å². The number of aromatic nitrogens is 1. The highest BCUT2D eigenvalue weighted by atomic mass is 16.5. The zero-order valence-corrected chi connectivity index (χ0v) is 17.9. The van der Waals surface area contributed by atoms with E-state index in [2.05, 4.69) is 9.88 Å². The van der Waals surface area contributed by atoms with Crippen LogP contribution in [0.25, 0.3) is 5.76 Å². The number of phenols is 1. The lowest BCUT2D eigenvalue weighted by atomic mass is 9.95. The number of amides is 1. The minimum Gasteiger partial charge on any atom is -0.507 e. The Morgan fingerprint density at radius 2 is 1.84 bits per heavy atom. The van der Waals surface area contributed by atoms with Crippen LogP contribution in [0.5, 0.6) is 11.5 Å². The fourth-order valence-electron chi connectivity index (χ4n) is 3.78. The van der Waals surface area contributed by atoms with E-state index in [0.29, 0.717) is 24.2 Å². The predicted octanol–water partition coefficient (Wildman–Crippen LogP) is 2.56. The first-order chi connectivity index (χ1) is 14.9. The van der Waals surface area contributed by atoms with Crippen LogP contribution in [-0.2, 0) is 9.59 Å². The average Bonchev–Trinajstić information content (AvgIpc) is 3.05. The second-order valence-electron chi connectivity index (χ2n) is 7.19. The maximum absolute atomic E-state index is 13.0. The number of aliphatic hydroxyl groups excluding tert-OH is 1. The van der Waals surface area contributed by atoms with Crippen molar-refractivity contribution < 1.29 is 24.5 Å². The van der Waals surface area contributed by atoms with E-state index in [0.717, 1.165) is 13.1 Å². The zero-order chi connectivity index (χ0) is 22.5. The number of methoxy groups -OCH3 is 1. The van der Waals surface area contributed by atoms with Gasteiger partial charge in [0.05, 0.1) is 18.7 Å². The van der Waals surface area contributed by atoms with Crippen molar-refractivity contribution in [2.24, 2.45) is 0 Å². The first-order valence-corrected chi connectivity index (χ1v) is 10.2. The summed E-state index contributed by atoms with van der Waals surface area (Å²) in [6.07, 6.45) is 3.01. The Kier molecular flexibility index (Phi) is 6.91. The van der Waals surface area contributed by atoms with Crippen LogP contribution in [0.3, 0.4) is 0 Å². The Morgan fingerprint density at radius 3 is 2.45 bits per heavy atom. The normalized spacial score (nSPS) is 18.1. The lowest BCUT2D eigenvalue weighted by Crippen LogP contribution is -2.38. The van der Waals surface area contributed by atoms with Gasteiger partial charge in [-0.05, 0) is 42.9 Å². The number of aromatic hydroxyl groups is 1. The summed E-state index contributed by atoms with van der Waals surface area (Å²) in [7, 11) is 1.42. The summed E-state index contributed by atoms with van der Waals surface area (Å²) in [6, 6.07) is 7.00. The number of ketones is 1. The monoisotopic (exact) mass is 425 g/mol. The number of nitrogens with zero attached hydrogens (tertiary/aromatic N) is 3. The van der Waals surface area contributed by atoms with E-state index < -0.39 is 17.7 Å². The van der Waals surface area contributed by atoms with Gasteiger partial charge in [0.1, 0.15) is 5.76 Å². The van der Waals surface area contributed by atoms with Gasteiger partial charge in [-0.15, -0.1) is 0 Å². The third kappa shape index (κ3) is 4.39. The summed E-state index contributed by atoms with van der Waals surface area (Å²) in [5.41, 5.74) is 0.958. The third-order valence-electron chi connectivity index (χ3n) is 5.56. The highest BCUT2D eigenvalue weighted by Crippen LogP contribution is 2.41. The topological polar surface area (TPSA) is 103 Å². The Balaban J connectivity index is 2.13. The molecule has 1 unspecified atom stereocenters. The average molecular weight is 425 g/mol. The highest BCUT2D eigenvalue weighted by Gasteiger charge is 2.46. The Bertz CT molecular complexity index is 986. The number of carbonyl (C=O) groups excluding carboxylic acids is 2. The molecular formula is C23H27N3O5. The molecule has 8 nitrogen and oxygen atoms in total. The summed E-state index contributed by atoms with van der Waals surface area (Å²) in [5.74, 6) is -1.51. The van der Waals surface area contributed by atoms with Crippen molar-refractivity contribution in [1.29, 1.82) is 0 Å². The number of likely N-dealkylation sites (N-methyl/N-ethyl adjacent to an activating group) is 1. The molecule has 1 saturated heterocycles. The van der Waals surface area contributed by atoms with E-state index in [1.165, 1.54) is 30.5 Å². The lowest BCUT2D eigenvalue weighted by Gasteiger charge is -2.28. The smallest absolute Gasteiger partial charge is 0.295 e. The molecule has 8 heteroatoms. The molecule has 2 heterocycles. The maximum Gasteiger partial charge on any atom is 0.295 e. The summed E-state index contributed by atoms with van der Waals surface area (Å²) >= 11 is 0. The van der Waals surface area contributed by atoms with Crippen LogP contribution in [-0.4, -0.2) is 70.0 Å². The molecule has 31 heavy (non-hydrogen) atoms. The number of ether oxygens (including phenoxy) is 1. The van der Waals surface area contributed by atoms with Crippen LogP contribution >= 0.6 is 0 Å². The van der Waals surface area contributed by atoms with Gasteiger partial charge in [-0.1, -0.05) is 19.9 Å². The molecule has 0 spiro atoms. The van der Waals surface area contributed by atoms with E-state index in [1.54, 1.807) is 24.3 Å². The van der Waals surface area contributed by atoms with E-state index in [1.807, 2.05) is 13.8 Å². The summed E-state index contributed by atoms with van der Waals surface area (Å²) in [6.45, 7) is 6.59. The molecule has 1 atom stereocenters. The quantitative estimate of drug-likeness (QED) is 0.381. The number of Topliss-reactive ketones (excluding diaryl/α,β-unsaturated/α-hetero) is 1. The molecule has 2 aromatic rings. The standard InChI is InChI=1S/C23H27N3O5/c1-4-25(5-2)12-13-26-20(16-6-7-17(27)18(14-16)31-3)19(22(29)23(26)30)21(28)15-8-10-24-11-9-15/h6-11,14,20,27-28H,4-5,12-13H2,1-3H3/b21-19+. The van der Waals surface area contributed by atoms with Crippen molar-refractivity contribution in [2.45, 2.75) is 19.9 Å². The van der Waals surface area contributed by atoms with E-state index in [-0.39, 0.29) is 22.8 Å². The zero-order valence-electron chi connectivity index (χ0n) is 17.9. The van der Waals surface area contributed by atoms with Gasteiger partial charge >= 0.3 is 0 Å². The molecule has 3 rings (SSSR count). The van der Waals surface area contributed by atoms with Crippen molar-refractivity contribution in [1.82, 2.24) is 14.8 Å². The fourth-order valence-corrected chi connectivity index (χ4v) is 3.78. The number of carbonyl (C=O) groups is 2. The molecule has 1 aliphatic rings. The highest BCUT2D eigenvalue weighted by molar-refractivity contribution is 6.46. The van der Waals surface area contributed by atoms with E-state index in [9.17, 15) is 19.8 Å². The van der Waals surface area contributed by atoms with E-state index in [4.69, 9.17) is 4.74 Å². The molecule has 164 valence electrons. The fraction of sp³-hybridized carbons (Fsp3) is 0.348. The Hall–Kier alpha value is -3.39. The van der Waals surface area contributed by atoms with Crippen LogP contribution < -0.4 is 4.74 Å². The maximum atomic E-state index is 13.0. The van der Waals surface area contributed by atoms with Gasteiger partial charge in [0.15, 0.2) is 11.5 Å². The molecule has 0 radical (unpaired) electrons. The number of phenolic OH excluding ortho intramolecular Hbond substituents is 1. The van der Waals surface area contributed by atoms with E-state index >= 15 is 0 Å². The SMILES string of the molecule is CCN(CC)CCN1C(=O)C(=O)/C(=C(/O)c2ccncc2)C1c1ccc(O)c(OC)c1. The number of benzene rings is 1. The van der Waals surface area contributed by atoms with Gasteiger partial charge in [-0.2, -0.15) is 0 Å².